The van der Waals surface area contributed by atoms with Crippen LogP contribution in [0.4, 0.5) is 0 Å². The van der Waals surface area contributed by atoms with E-state index in [2.05, 4.69) is 22.3 Å². The van der Waals surface area contributed by atoms with Crippen molar-refractivity contribution in [2.24, 2.45) is 5.73 Å². The summed E-state index contributed by atoms with van der Waals surface area (Å²) < 4.78 is 0. The molecule has 2 aromatic rings. The van der Waals surface area contributed by atoms with Crippen molar-refractivity contribution in [3.05, 3.63) is 35.7 Å². The standard InChI is InChI=1S/C16H22N4/c17-11-10-12-6-4-5-9-14(12)16-18-15(19-20-16)13-7-2-1-3-8-13/h4-6,9,13H,1-3,7-8,10-11,17H2,(H,18,19,20). The van der Waals surface area contributed by atoms with E-state index in [9.17, 15) is 0 Å². The Morgan fingerprint density at radius 3 is 2.75 bits per heavy atom. The van der Waals surface area contributed by atoms with Crippen LogP contribution in [0, 0.1) is 0 Å². The van der Waals surface area contributed by atoms with Gasteiger partial charge in [0.15, 0.2) is 5.82 Å². The topological polar surface area (TPSA) is 67.6 Å². The Balaban J connectivity index is 1.86. The average Bonchev–Trinajstić information content (AvgIpc) is 2.99. The Morgan fingerprint density at radius 2 is 1.95 bits per heavy atom. The molecule has 1 aromatic carbocycles. The lowest BCUT2D eigenvalue weighted by Crippen LogP contribution is -2.06. The number of rotatable bonds is 4. The van der Waals surface area contributed by atoms with Gasteiger partial charge in [-0.3, -0.25) is 5.10 Å². The molecule has 0 spiro atoms. The first-order valence-electron chi connectivity index (χ1n) is 7.59. The van der Waals surface area contributed by atoms with Gasteiger partial charge < -0.3 is 5.73 Å². The third-order valence-corrected chi connectivity index (χ3v) is 4.17. The summed E-state index contributed by atoms with van der Waals surface area (Å²) in [6.07, 6.45) is 7.31. The summed E-state index contributed by atoms with van der Waals surface area (Å²) in [6.45, 7) is 0.650. The van der Waals surface area contributed by atoms with Crippen molar-refractivity contribution in [2.45, 2.75) is 44.4 Å². The maximum Gasteiger partial charge on any atom is 0.181 e. The van der Waals surface area contributed by atoms with Crippen molar-refractivity contribution in [1.29, 1.82) is 0 Å². The van der Waals surface area contributed by atoms with Crippen molar-refractivity contribution in [2.75, 3.05) is 6.54 Å². The Bertz CT molecular complexity index is 555. The first-order chi connectivity index (χ1) is 9.88. The number of aromatic nitrogens is 3. The van der Waals surface area contributed by atoms with Gasteiger partial charge in [-0.05, 0) is 31.4 Å². The van der Waals surface area contributed by atoms with E-state index in [4.69, 9.17) is 10.7 Å². The number of hydrogen-bond acceptors (Lipinski definition) is 3. The molecule has 0 atom stereocenters. The molecule has 3 N–H and O–H groups in total. The molecule has 1 saturated carbocycles. The summed E-state index contributed by atoms with van der Waals surface area (Å²) >= 11 is 0. The minimum Gasteiger partial charge on any atom is -0.330 e. The van der Waals surface area contributed by atoms with Gasteiger partial charge in [0.25, 0.3) is 0 Å². The fraction of sp³-hybridized carbons (Fsp3) is 0.500. The number of nitrogens with one attached hydrogen (secondary N) is 1. The normalized spacial score (nSPS) is 16.4. The molecule has 1 aromatic heterocycles. The van der Waals surface area contributed by atoms with E-state index in [-0.39, 0.29) is 0 Å². The van der Waals surface area contributed by atoms with E-state index in [1.165, 1.54) is 37.7 Å². The number of benzene rings is 1. The molecule has 0 bridgehead atoms. The second-order valence-electron chi connectivity index (χ2n) is 5.58. The monoisotopic (exact) mass is 270 g/mol. The number of hydrogen-bond donors (Lipinski definition) is 2. The van der Waals surface area contributed by atoms with E-state index < -0.39 is 0 Å². The third-order valence-electron chi connectivity index (χ3n) is 4.17. The zero-order chi connectivity index (χ0) is 13.8. The molecular weight excluding hydrogens is 248 g/mol. The zero-order valence-corrected chi connectivity index (χ0v) is 11.8. The summed E-state index contributed by atoms with van der Waals surface area (Å²) in [5, 5.41) is 7.58. The second-order valence-corrected chi connectivity index (χ2v) is 5.58. The summed E-state index contributed by atoms with van der Waals surface area (Å²) in [7, 11) is 0. The lowest BCUT2D eigenvalue weighted by Gasteiger charge is -2.18. The molecule has 106 valence electrons. The first kappa shape index (κ1) is 13.3. The highest BCUT2D eigenvalue weighted by atomic mass is 15.2. The average molecular weight is 270 g/mol. The van der Waals surface area contributed by atoms with E-state index in [0.717, 1.165) is 23.6 Å². The van der Waals surface area contributed by atoms with Crippen LogP contribution in [0.3, 0.4) is 0 Å². The summed E-state index contributed by atoms with van der Waals surface area (Å²) in [5.41, 5.74) is 8.01. The van der Waals surface area contributed by atoms with Crippen LogP contribution < -0.4 is 5.73 Å². The highest BCUT2D eigenvalue weighted by molar-refractivity contribution is 5.60. The molecule has 1 fully saturated rings. The van der Waals surface area contributed by atoms with Crippen molar-refractivity contribution >= 4 is 0 Å². The molecule has 1 aliphatic carbocycles. The van der Waals surface area contributed by atoms with E-state index in [0.29, 0.717) is 12.5 Å². The van der Waals surface area contributed by atoms with Gasteiger partial charge >= 0.3 is 0 Å². The van der Waals surface area contributed by atoms with Crippen molar-refractivity contribution in [3.8, 4) is 11.4 Å². The van der Waals surface area contributed by atoms with Gasteiger partial charge in [0.2, 0.25) is 0 Å². The highest BCUT2D eigenvalue weighted by Crippen LogP contribution is 2.31. The minimum absolute atomic E-state index is 0.562. The number of aromatic amines is 1. The number of H-pyrrole nitrogens is 1. The minimum atomic E-state index is 0.562. The lowest BCUT2D eigenvalue weighted by atomic mass is 9.89. The molecule has 0 saturated heterocycles. The Hall–Kier alpha value is -1.68. The van der Waals surface area contributed by atoms with Gasteiger partial charge in [0.1, 0.15) is 5.82 Å². The van der Waals surface area contributed by atoms with Crippen LogP contribution in [-0.4, -0.2) is 21.7 Å². The SMILES string of the molecule is NCCc1ccccc1-c1n[nH]c(C2CCCCC2)n1. The molecule has 0 radical (unpaired) electrons. The van der Waals surface area contributed by atoms with Crippen LogP contribution in [0.5, 0.6) is 0 Å². The van der Waals surface area contributed by atoms with E-state index >= 15 is 0 Å². The number of nitrogens with zero attached hydrogens (tertiary/aromatic N) is 2. The molecule has 1 aliphatic rings. The van der Waals surface area contributed by atoms with Gasteiger partial charge in [0, 0.05) is 11.5 Å². The second kappa shape index (κ2) is 6.18. The predicted molar refractivity (Wildman–Crippen MR) is 80.4 cm³/mol. The van der Waals surface area contributed by atoms with Crippen LogP contribution in [-0.2, 0) is 6.42 Å². The van der Waals surface area contributed by atoms with Gasteiger partial charge in [-0.2, -0.15) is 5.10 Å². The zero-order valence-electron chi connectivity index (χ0n) is 11.8. The first-order valence-corrected chi connectivity index (χ1v) is 7.59. The van der Waals surface area contributed by atoms with Crippen LogP contribution in [0.1, 0.15) is 49.4 Å². The summed E-state index contributed by atoms with van der Waals surface area (Å²) in [4.78, 5) is 4.74. The largest absolute Gasteiger partial charge is 0.330 e. The third kappa shape index (κ3) is 2.75. The molecule has 4 heteroatoms. The molecule has 1 heterocycles. The Labute approximate surface area is 119 Å². The highest BCUT2D eigenvalue weighted by Gasteiger charge is 2.20. The summed E-state index contributed by atoms with van der Waals surface area (Å²) in [6, 6.07) is 8.27. The van der Waals surface area contributed by atoms with Crippen molar-refractivity contribution < 1.29 is 0 Å². The molecule has 0 unspecified atom stereocenters. The maximum atomic E-state index is 5.68. The van der Waals surface area contributed by atoms with E-state index in [1.54, 1.807) is 0 Å². The predicted octanol–water partition coefficient (Wildman–Crippen LogP) is 3.02. The van der Waals surface area contributed by atoms with Crippen LogP contribution >= 0.6 is 0 Å². The molecule has 0 amide bonds. The maximum absolute atomic E-state index is 5.68. The van der Waals surface area contributed by atoms with Gasteiger partial charge in [-0.15, -0.1) is 0 Å². The Kier molecular flexibility index (Phi) is 4.11. The molecule has 4 nitrogen and oxygen atoms in total. The van der Waals surface area contributed by atoms with E-state index in [1.807, 2.05) is 12.1 Å². The fourth-order valence-electron chi connectivity index (χ4n) is 3.07. The smallest absolute Gasteiger partial charge is 0.181 e. The number of nitrogens with two attached hydrogens (primary N) is 1. The fourth-order valence-corrected chi connectivity index (χ4v) is 3.07. The quantitative estimate of drug-likeness (QED) is 0.897. The van der Waals surface area contributed by atoms with Crippen LogP contribution in [0.15, 0.2) is 24.3 Å². The van der Waals surface area contributed by atoms with Gasteiger partial charge in [-0.1, -0.05) is 43.5 Å². The van der Waals surface area contributed by atoms with Crippen molar-refractivity contribution in [3.63, 3.8) is 0 Å². The molecule has 20 heavy (non-hydrogen) atoms. The summed E-state index contributed by atoms with van der Waals surface area (Å²) in [5.74, 6) is 2.43. The van der Waals surface area contributed by atoms with Gasteiger partial charge in [0.05, 0.1) is 0 Å². The molecule has 0 aliphatic heterocycles. The van der Waals surface area contributed by atoms with Crippen LogP contribution in [0.25, 0.3) is 11.4 Å². The van der Waals surface area contributed by atoms with Crippen LogP contribution in [0.2, 0.25) is 0 Å². The van der Waals surface area contributed by atoms with Crippen molar-refractivity contribution in [1.82, 2.24) is 15.2 Å². The van der Waals surface area contributed by atoms with Gasteiger partial charge in [-0.25, -0.2) is 4.98 Å². The molecule has 3 rings (SSSR count). The Morgan fingerprint density at radius 1 is 1.15 bits per heavy atom. The lowest BCUT2D eigenvalue weighted by molar-refractivity contribution is 0.429. The molecular formula is C16H22N4.